The lowest BCUT2D eigenvalue weighted by Crippen LogP contribution is -2.29. The number of anilines is 1. The van der Waals surface area contributed by atoms with E-state index in [0.29, 0.717) is 24.7 Å². The van der Waals surface area contributed by atoms with Crippen molar-refractivity contribution in [1.82, 2.24) is 0 Å². The minimum Gasteiger partial charge on any atom is -0.368 e. The molecule has 0 spiro atoms. The first-order valence-electron chi connectivity index (χ1n) is 6.01. The molecule has 0 aliphatic heterocycles. The molecule has 0 saturated carbocycles. The second kappa shape index (κ2) is 6.69. The molecular formula is C13H16FN3O2. The molecule has 0 atom stereocenters. The molecular weight excluding hydrogens is 249 g/mol. The lowest BCUT2D eigenvalue weighted by molar-refractivity contribution is -0.385. The van der Waals surface area contributed by atoms with Crippen molar-refractivity contribution in [3.05, 3.63) is 34.1 Å². The van der Waals surface area contributed by atoms with Gasteiger partial charge in [-0.1, -0.05) is 13.8 Å². The SMILES string of the molecule is CC(C)CN(CCC#N)c1ccc([N+](=O)[O-])cc1F. The average molecular weight is 265 g/mol. The van der Waals surface area contributed by atoms with Crippen LogP contribution in [0.2, 0.25) is 0 Å². The number of nitrogens with zero attached hydrogens (tertiary/aromatic N) is 3. The highest BCUT2D eigenvalue weighted by molar-refractivity contribution is 5.52. The smallest absolute Gasteiger partial charge is 0.272 e. The second-order valence-electron chi connectivity index (χ2n) is 4.64. The van der Waals surface area contributed by atoms with Crippen LogP contribution >= 0.6 is 0 Å². The lowest BCUT2D eigenvalue weighted by Gasteiger charge is -2.26. The van der Waals surface area contributed by atoms with Gasteiger partial charge < -0.3 is 4.90 Å². The van der Waals surface area contributed by atoms with E-state index in [1.165, 1.54) is 12.1 Å². The maximum absolute atomic E-state index is 13.9. The van der Waals surface area contributed by atoms with Crippen molar-refractivity contribution in [3.8, 4) is 6.07 Å². The molecule has 5 nitrogen and oxygen atoms in total. The Kier molecular flexibility index (Phi) is 5.24. The summed E-state index contributed by atoms with van der Waals surface area (Å²) in [5, 5.41) is 19.2. The summed E-state index contributed by atoms with van der Waals surface area (Å²) in [7, 11) is 0. The number of nitriles is 1. The molecule has 0 amide bonds. The Morgan fingerprint density at radius 2 is 2.21 bits per heavy atom. The first-order chi connectivity index (χ1) is 8.95. The van der Waals surface area contributed by atoms with Gasteiger partial charge in [-0.05, 0) is 12.0 Å². The number of nitro groups is 1. The minimum atomic E-state index is -0.632. The maximum Gasteiger partial charge on any atom is 0.272 e. The topological polar surface area (TPSA) is 70.2 Å². The minimum absolute atomic E-state index is 0.272. The number of rotatable bonds is 6. The van der Waals surface area contributed by atoms with Crippen LogP contribution in [0.4, 0.5) is 15.8 Å². The zero-order valence-electron chi connectivity index (χ0n) is 11.0. The van der Waals surface area contributed by atoms with Gasteiger partial charge >= 0.3 is 0 Å². The molecule has 1 rings (SSSR count). The summed E-state index contributed by atoms with van der Waals surface area (Å²) in [6.45, 7) is 4.98. The molecule has 6 heteroatoms. The van der Waals surface area contributed by atoms with Crippen LogP contribution < -0.4 is 4.90 Å². The summed E-state index contributed by atoms with van der Waals surface area (Å²) in [6, 6.07) is 5.60. The average Bonchev–Trinajstić information content (AvgIpc) is 2.34. The van der Waals surface area contributed by atoms with Crippen LogP contribution in [0.5, 0.6) is 0 Å². The summed E-state index contributed by atoms with van der Waals surface area (Å²) >= 11 is 0. The number of benzene rings is 1. The zero-order chi connectivity index (χ0) is 14.4. The van der Waals surface area contributed by atoms with Gasteiger partial charge in [0.25, 0.3) is 5.69 Å². The van der Waals surface area contributed by atoms with Crippen LogP contribution in [0.25, 0.3) is 0 Å². The van der Waals surface area contributed by atoms with Crippen LogP contribution in [-0.4, -0.2) is 18.0 Å². The summed E-state index contributed by atoms with van der Waals surface area (Å²) in [5.41, 5.74) is 0.0283. The van der Waals surface area contributed by atoms with E-state index in [0.717, 1.165) is 6.07 Å². The first kappa shape index (κ1) is 14.9. The van der Waals surface area contributed by atoms with E-state index in [2.05, 4.69) is 0 Å². The molecule has 102 valence electrons. The van der Waals surface area contributed by atoms with Crippen molar-refractivity contribution < 1.29 is 9.31 Å². The molecule has 0 heterocycles. The highest BCUT2D eigenvalue weighted by Crippen LogP contribution is 2.25. The Balaban J connectivity index is 3.01. The van der Waals surface area contributed by atoms with E-state index < -0.39 is 10.7 Å². The summed E-state index contributed by atoms with van der Waals surface area (Å²) in [4.78, 5) is 11.7. The molecule has 0 aliphatic carbocycles. The monoisotopic (exact) mass is 265 g/mol. The third-order valence-electron chi connectivity index (χ3n) is 2.56. The predicted octanol–water partition coefficient (Wildman–Crippen LogP) is 3.11. The molecule has 1 aromatic carbocycles. The maximum atomic E-state index is 13.9. The van der Waals surface area contributed by atoms with Gasteiger partial charge in [-0.15, -0.1) is 0 Å². The second-order valence-corrected chi connectivity index (χ2v) is 4.64. The Hall–Kier alpha value is -2.16. The number of hydrogen-bond donors (Lipinski definition) is 0. The summed E-state index contributed by atoms with van der Waals surface area (Å²) < 4.78 is 13.9. The van der Waals surface area contributed by atoms with Crippen molar-refractivity contribution in [3.63, 3.8) is 0 Å². The van der Waals surface area contributed by atoms with Crippen LogP contribution in [-0.2, 0) is 0 Å². The van der Waals surface area contributed by atoms with Gasteiger partial charge in [0.2, 0.25) is 0 Å². The molecule has 0 saturated heterocycles. The van der Waals surface area contributed by atoms with Gasteiger partial charge in [0, 0.05) is 19.2 Å². The molecule has 0 fully saturated rings. The van der Waals surface area contributed by atoms with Crippen LogP contribution in [0.3, 0.4) is 0 Å². The van der Waals surface area contributed by atoms with Crippen LogP contribution in [0.15, 0.2) is 18.2 Å². The van der Waals surface area contributed by atoms with E-state index in [4.69, 9.17) is 5.26 Å². The molecule has 0 radical (unpaired) electrons. The van der Waals surface area contributed by atoms with Crippen molar-refractivity contribution in [2.45, 2.75) is 20.3 Å². The van der Waals surface area contributed by atoms with Gasteiger partial charge in [0.1, 0.15) is 0 Å². The first-order valence-corrected chi connectivity index (χ1v) is 6.01. The van der Waals surface area contributed by atoms with Crippen molar-refractivity contribution in [1.29, 1.82) is 5.26 Å². The van der Waals surface area contributed by atoms with Crippen molar-refractivity contribution in [2.24, 2.45) is 5.92 Å². The standard InChI is InChI=1S/C13H16FN3O2/c1-10(2)9-16(7-3-6-15)13-5-4-11(17(18)19)8-12(13)14/h4-5,8,10H,3,7,9H2,1-2H3. The highest BCUT2D eigenvalue weighted by Gasteiger charge is 2.16. The Morgan fingerprint density at radius 1 is 1.53 bits per heavy atom. The van der Waals surface area contributed by atoms with Gasteiger partial charge in [-0.25, -0.2) is 4.39 Å². The Labute approximate surface area is 111 Å². The fourth-order valence-corrected chi connectivity index (χ4v) is 1.80. The molecule has 0 aliphatic rings. The Morgan fingerprint density at radius 3 is 2.68 bits per heavy atom. The fourth-order valence-electron chi connectivity index (χ4n) is 1.80. The fraction of sp³-hybridized carbons (Fsp3) is 0.462. The van der Waals surface area contributed by atoms with E-state index in [9.17, 15) is 14.5 Å². The number of nitro benzene ring substituents is 1. The van der Waals surface area contributed by atoms with E-state index >= 15 is 0 Å². The zero-order valence-corrected chi connectivity index (χ0v) is 11.0. The third-order valence-corrected chi connectivity index (χ3v) is 2.56. The van der Waals surface area contributed by atoms with E-state index in [1.807, 2.05) is 19.9 Å². The Bertz CT molecular complexity index is 497. The van der Waals surface area contributed by atoms with Gasteiger partial charge in [0.05, 0.1) is 29.2 Å². The quantitative estimate of drug-likeness (QED) is 0.585. The van der Waals surface area contributed by atoms with Crippen LogP contribution in [0, 0.1) is 33.2 Å². The number of hydrogen-bond acceptors (Lipinski definition) is 4. The molecule has 1 aromatic rings. The van der Waals surface area contributed by atoms with Gasteiger partial charge in [-0.2, -0.15) is 5.26 Å². The third kappa shape index (κ3) is 4.21. The van der Waals surface area contributed by atoms with Gasteiger partial charge in [-0.3, -0.25) is 10.1 Å². The highest BCUT2D eigenvalue weighted by atomic mass is 19.1. The lowest BCUT2D eigenvalue weighted by atomic mass is 10.1. The molecule has 0 N–H and O–H groups in total. The number of non-ortho nitro benzene ring substituents is 1. The predicted molar refractivity (Wildman–Crippen MR) is 70.3 cm³/mol. The van der Waals surface area contributed by atoms with Crippen molar-refractivity contribution in [2.75, 3.05) is 18.0 Å². The van der Waals surface area contributed by atoms with Crippen LogP contribution in [0.1, 0.15) is 20.3 Å². The number of halogens is 1. The molecule has 0 unspecified atom stereocenters. The normalized spacial score (nSPS) is 10.3. The van der Waals surface area contributed by atoms with Crippen molar-refractivity contribution >= 4 is 11.4 Å². The molecule has 19 heavy (non-hydrogen) atoms. The van der Waals surface area contributed by atoms with E-state index in [1.54, 1.807) is 4.90 Å². The van der Waals surface area contributed by atoms with E-state index in [-0.39, 0.29) is 12.1 Å². The summed E-state index contributed by atoms with van der Waals surface area (Å²) in [6.07, 6.45) is 0.281. The molecule has 0 bridgehead atoms. The largest absolute Gasteiger partial charge is 0.368 e. The summed E-state index contributed by atoms with van der Waals surface area (Å²) in [5.74, 6) is -0.332. The molecule has 0 aromatic heterocycles. The van der Waals surface area contributed by atoms with Gasteiger partial charge in [0.15, 0.2) is 5.82 Å².